The van der Waals surface area contributed by atoms with Gasteiger partial charge in [0.25, 0.3) is 0 Å². The summed E-state index contributed by atoms with van der Waals surface area (Å²) in [5.41, 5.74) is 1.08. The van der Waals surface area contributed by atoms with Crippen molar-refractivity contribution in [1.82, 2.24) is 9.21 Å². The molecule has 1 saturated carbocycles. The smallest absolute Gasteiger partial charge is 0.243 e. The minimum Gasteiger partial charge on any atom is -0.298 e. The Morgan fingerprint density at radius 3 is 2.26 bits per heavy atom. The highest BCUT2D eigenvalue weighted by Gasteiger charge is 2.32. The number of benzene rings is 1. The van der Waals surface area contributed by atoms with Crippen molar-refractivity contribution in [2.45, 2.75) is 50.5 Å². The first-order chi connectivity index (χ1) is 11.0. The zero-order valence-corrected chi connectivity index (χ0v) is 15.1. The van der Waals surface area contributed by atoms with Gasteiger partial charge in [-0.2, -0.15) is 4.31 Å². The van der Waals surface area contributed by atoms with Gasteiger partial charge in [0.05, 0.1) is 4.90 Å². The van der Waals surface area contributed by atoms with Crippen molar-refractivity contribution in [1.29, 1.82) is 0 Å². The molecule has 0 bridgehead atoms. The lowest BCUT2D eigenvalue weighted by Crippen LogP contribution is -2.52. The number of rotatable bonds is 3. The van der Waals surface area contributed by atoms with Gasteiger partial charge in [-0.05, 0) is 37.8 Å². The maximum atomic E-state index is 12.7. The molecule has 2 aliphatic rings. The van der Waals surface area contributed by atoms with E-state index in [1.165, 1.54) is 25.7 Å². The Morgan fingerprint density at radius 2 is 1.65 bits per heavy atom. The van der Waals surface area contributed by atoms with Crippen LogP contribution in [0.2, 0.25) is 0 Å². The summed E-state index contributed by atoms with van der Waals surface area (Å²) in [6, 6.07) is 7.83. The van der Waals surface area contributed by atoms with Crippen LogP contribution in [0.1, 0.15) is 38.2 Å². The second-order valence-electron chi connectivity index (χ2n) is 7.18. The van der Waals surface area contributed by atoms with Crippen LogP contribution in [0.5, 0.6) is 0 Å². The van der Waals surface area contributed by atoms with Gasteiger partial charge in [-0.15, -0.1) is 0 Å². The van der Waals surface area contributed by atoms with E-state index in [1.807, 2.05) is 19.1 Å². The molecule has 1 aromatic carbocycles. The minimum atomic E-state index is -3.34. The van der Waals surface area contributed by atoms with Crippen molar-refractivity contribution in [2.75, 3.05) is 26.2 Å². The molecule has 0 aromatic heterocycles. The summed E-state index contributed by atoms with van der Waals surface area (Å²) in [6.45, 7) is 7.26. The normalized spacial score (nSPS) is 27.9. The third-order valence-corrected chi connectivity index (χ3v) is 7.27. The van der Waals surface area contributed by atoms with E-state index in [9.17, 15) is 8.42 Å². The minimum absolute atomic E-state index is 0.419. The zero-order chi connectivity index (χ0) is 16.4. The zero-order valence-electron chi connectivity index (χ0n) is 14.2. The summed E-state index contributed by atoms with van der Waals surface area (Å²) >= 11 is 0. The Morgan fingerprint density at radius 1 is 1.00 bits per heavy atom. The van der Waals surface area contributed by atoms with Gasteiger partial charge >= 0.3 is 0 Å². The molecule has 0 radical (unpaired) electrons. The first kappa shape index (κ1) is 16.9. The fourth-order valence-electron chi connectivity index (χ4n) is 3.90. The van der Waals surface area contributed by atoms with Crippen LogP contribution in [0.25, 0.3) is 0 Å². The number of aryl methyl sites for hydroxylation is 1. The van der Waals surface area contributed by atoms with Crippen LogP contribution in [-0.4, -0.2) is 49.8 Å². The van der Waals surface area contributed by atoms with E-state index in [0.29, 0.717) is 24.0 Å². The maximum absolute atomic E-state index is 12.7. The summed E-state index contributed by atoms with van der Waals surface area (Å²) in [4.78, 5) is 2.93. The molecule has 0 amide bonds. The van der Waals surface area contributed by atoms with Gasteiger partial charge in [0.1, 0.15) is 0 Å². The molecule has 4 nitrogen and oxygen atoms in total. The number of piperazine rings is 1. The van der Waals surface area contributed by atoms with Gasteiger partial charge in [0.2, 0.25) is 10.0 Å². The Kier molecular flexibility index (Phi) is 5.09. The molecule has 128 valence electrons. The van der Waals surface area contributed by atoms with Gasteiger partial charge in [-0.25, -0.2) is 8.42 Å². The van der Waals surface area contributed by atoms with Crippen molar-refractivity contribution < 1.29 is 8.42 Å². The van der Waals surface area contributed by atoms with Crippen molar-refractivity contribution in [3.8, 4) is 0 Å². The van der Waals surface area contributed by atoms with Crippen LogP contribution in [0.3, 0.4) is 0 Å². The lowest BCUT2D eigenvalue weighted by Gasteiger charge is -2.41. The predicted octanol–water partition coefficient (Wildman–Crippen LogP) is 2.88. The van der Waals surface area contributed by atoms with Crippen molar-refractivity contribution in [3.63, 3.8) is 0 Å². The van der Waals surface area contributed by atoms with Crippen LogP contribution in [0.4, 0.5) is 0 Å². The predicted molar refractivity (Wildman–Crippen MR) is 92.9 cm³/mol. The lowest BCUT2D eigenvalue weighted by atomic mass is 9.86. The monoisotopic (exact) mass is 336 g/mol. The topological polar surface area (TPSA) is 40.6 Å². The van der Waals surface area contributed by atoms with Crippen LogP contribution < -0.4 is 0 Å². The molecule has 1 aliphatic heterocycles. The SMILES string of the molecule is Cc1ccc(S(=O)(=O)N2CCN(C3CCCC(C)C3)CC2)cc1. The van der Waals surface area contributed by atoms with E-state index in [4.69, 9.17) is 0 Å². The van der Waals surface area contributed by atoms with Gasteiger partial charge in [0.15, 0.2) is 0 Å². The van der Waals surface area contributed by atoms with Gasteiger partial charge in [0, 0.05) is 32.2 Å². The first-order valence-corrected chi connectivity index (χ1v) is 10.2. The third-order valence-electron chi connectivity index (χ3n) is 5.36. The second-order valence-corrected chi connectivity index (χ2v) is 9.12. The van der Waals surface area contributed by atoms with E-state index in [0.717, 1.165) is 24.6 Å². The van der Waals surface area contributed by atoms with Crippen LogP contribution in [0.15, 0.2) is 29.2 Å². The highest BCUT2D eigenvalue weighted by Crippen LogP contribution is 2.28. The average molecular weight is 337 g/mol. The molecular formula is C18H28N2O2S. The molecule has 1 aromatic rings. The molecular weight excluding hydrogens is 308 g/mol. The molecule has 0 spiro atoms. The molecule has 2 unspecified atom stereocenters. The van der Waals surface area contributed by atoms with Gasteiger partial charge in [-0.3, -0.25) is 4.90 Å². The van der Waals surface area contributed by atoms with E-state index in [-0.39, 0.29) is 0 Å². The number of nitrogens with zero attached hydrogens (tertiary/aromatic N) is 2. The molecule has 0 N–H and O–H groups in total. The Labute approximate surface area is 140 Å². The van der Waals surface area contributed by atoms with Gasteiger partial charge < -0.3 is 0 Å². The van der Waals surface area contributed by atoms with Gasteiger partial charge in [-0.1, -0.05) is 37.5 Å². The van der Waals surface area contributed by atoms with E-state index in [1.54, 1.807) is 16.4 Å². The number of hydrogen-bond donors (Lipinski definition) is 0. The van der Waals surface area contributed by atoms with Crippen molar-refractivity contribution in [2.24, 2.45) is 5.92 Å². The summed E-state index contributed by atoms with van der Waals surface area (Å²) in [5, 5.41) is 0. The molecule has 2 atom stereocenters. The molecule has 5 heteroatoms. The summed E-state index contributed by atoms with van der Waals surface area (Å²) < 4.78 is 27.1. The fraction of sp³-hybridized carbons (Fsp3) is 0.667. The molecule has 1 saturated heterocycles. The third kappa shape index (κ3) is 3.78. The summed E-state index contributed by atoms with van der Waals surface area (Å²) in [6.07, 6.45) is 5.20. The summed E-state index contributed by atoms with van der Waals surface area (Å²) in [7, 11) is -3.34. The Balaban J connectivity index is 1.63. The molecule has 2 fully saturated rings. The Hall–Kier alpha value is -0.910. The standard InChI is InChI=1S/C18H28N2O2S/c1-15-6-8-18(9-7-15)23(21,22)20-12-10-19(11-13-20)17-5-3-4-16(2)14-17/h6-9,16-17H,3-5,10-14H2,1-2H3. The maximum Gasteiger partial charge on any atom is 0.243 e. The highest BCUT2D eigenvalue weighted by molar-refractivity contribution is 7.89. The quantitative estimate of drug-likeness (QED) is 0.852. The second kappa shape index (κ2) is 6.91. The van der Waals surface area contributed by atoms with Crippen LogP contribution >= 0.6 is 0 Å². The molecule has 3 rings (SSSR count). The van der Waals surface area contributed by atoms with Crippen LogP contribution in [-0.2, 0) is 10.0 Å². The Bertz CT molecular complexity index is 619. The fourth-order valence-corrected chi connectivity index (χ4v) is 5.32. The number of sulfonamides is 1. The number of hydrogen-bond acceptors (Lipinski definition) is 3. The first-order valence-electron chi connectivity index (χ1n) is 8.77. The molecule has 1 heterocycles. The highest BCUT2D eigenvalue weighted by atomic mass is 32.2. The van der Waals surface area contributed by atoms with E-state index in [2.05, 4.69) is 11.8 Å². The van der Waals surface area contributed by atoms with Crippen molar-refractivity contribution >= 4 is 10.0 Å². The largest absolute Gasteiger partial charge is 0.298 e. The van der Waals surface area contributed by atoms with E-state index >= 15 is 0 Å². The molecule has 1 aliphatic carbocycles. The lowest BCUT2D eigenvalue weighted by molar-refractivity contribution is 0.0967. The van der Waals surface area contributed by atoms with E-state index < -0.39 is 10.0 Å². The van der Waals surface area contributed by atoms with Crippen LogP contribution in [0, 0.1) is 12.8 Å². The average Bonchev–Trinajstić information content (AvgIpc) is 2.55. The summed E-state index contributed by atoms with van der Waals surface area (Å²) in [5.74, 6) is 0.808. The van der Waals surface area contributed by atoms with Crippen molar-refractivity contribution in [3.05, 3.63) is 29.8 Å². The molecule has 23 heavy (non-hydrogen) atoms.